The Balaban J connectivity index is 2.28. The van der Waals surface area contributed by atoms with E-state index in [-0.39, 0.29) is 29.4 Å². The molecule has 0 saturated carbocycles. The molecule has 3 rings (SSSR count). The zero-order valence-corrected chi connectivity index (χ0v) is 23.6. The fourth-order valence-corrected chi connectivity index (χ4v) is 4.54. The van der Waals surface area contributed by atoms with E-state index in [0.29, 0.717) is 17.1 Å². The molecular formula is C32H39F3N2O. The van der Waals surface area contributed by atoms with Gasteiger partial charge in [-0.05, 0) is 58.1 Å². The second-order valence-electron chi connectivity index (χ2n) is 11.0. The number of rotatable bonds is 9. The summed E-state index contributed by atoms with van der Waals surface area (Å²) in [4.78, 5) is 9.24. The van der Waals surface area contributed by atoms with Crippen molar-refractivity contribution in [2.45, 2.75) is 91.7 Å². The summed E-state index contributed by atoms with van der Waals surface area (Å²) in [5.41, 5.74) is 3.97. The molecule has 0 fully saturated rings. The predicted octanol–water partition coefficient (Wildman–Crippen LogP) is 10.6. The fourth-order valence-electron chi connectivity index (χ4n) is 4.54. The van der Waals surface area contributed by atoms with Crippen LogP contribution in [0.2, 0.25) is 0 Å². The normalized spacial score (nSPS) is 13.4. The van der Waals surface area contributed by atoms with Crippen molar-refractivity contribution in [2.75, 3.05) is 0 Å². The lowest BCUT2D eigenvalue weighted by Crippen LogP contribution is -2.26. The van der Waals surface area contributed by atoms with Crippen LogP contribution in [-0.4, -0.2) is 17.6 Å². The standard InChI is InChI=1S/C32H39F3N2O/c1-19(2)23-12-9-13-24(20(3)4)30(23)36-27(28-16-11-17-38-28)18-29(32(33,34)35)37-31-25(21(5)6)14-10-15-26(31)22(7)8/h9-17,19-22H,18H2,1-8H3/b36-27-,37-29+. The molecule has 0 unspecified atom stereocenters. The Hall–Kier alpha value is -3.15. The number of aliphatic imine (C=N–C) groups is 2. The third-order valence-electron chi connectivity index (χ3n) is 6.65. The van der Waals surface area contributed by atoms with Crippen molar-refractivity contribution in [1.29, 1.82) is 0 Å². The van der Waals surface area contributed by atoms with Crippen molar-refractivity contribution in [3.63, 3.8) is 0 Å². The Morgan fingerprint density at radius 3 is 1.42 bits per heavy atom. The van der Waals surface area contributed by atoms with Crippen LogP contribution in [0.1, 0.15) is 113 Å². The predicted molar refractivity (Wildman–Crippen MR) is 152 cm³/mol. The van der Waals surface area contributed by atoms with Crippen LogP contribution in [0.25, 0.3) is 0 Å². The van der Waals surface area contributed by atoms with Crippen LogP contribution in [0.5, 0.6) is 0 Å². The lowest BCUT2D eigenvalue weighted by Gasteiger charge is -2.20. The first-order valence-electron chi connectivity index (χ1n) is 13.3. The summed E-state index contributed by atoms with van der Waals surface area (Å²) in [5, 5.41) is 0. The lowest BCUT2D eigenvalue weighted by atomic mass is 9.92. The molecule has 0 atom stereocenters. The summed E-state index contributed by atoms with van der Waals surface area (Å²) in [6.07, 6.45) is -3.70. The van der Waals surface area contributed by atoms with E-state index in [0.717, 1.165) is 22.3 Å². The molecule has 0 radical (unpaired) electrons. The number of nitrogens with zero attached hydrogens (tertiary/aromatic N) is 2. The van der Waals surface area contributed by atoms with E-state index >= 15 is 0 Å². The molecule has 38 heavy (non-hydrogen) atoms. The van der Waals surface area contributed by atoms with E-state index in [4.69, 9.17) is 9.41 Å². The first-order valence-corrected chi connectivity index (χ1v) is 13.3. The first kappa shape index (κ1) is 29.4. The summed E-state index contributed by atoms with van der Waals surface area (Å²) in [6.45, 7) is 16.1. The summed E-state index contributed by atoms with van der Waals surface area (Å²) in [5.74, 6) is 0.634. The Bertz CT molecular complexity index is 1230. The zero-order valence-electron chi connectivity index (χ0n) is 23.6. The van der Waals surface area contributed by atoms with Gasteiger partial charge < -0.3 is 4.42 Å². The van der Waals surface area contributed by atoms with Gasteiger partial charge in [-0.1, -0.05) is 91.8 Å². The molecule has 3 aromatic rings. The highest BCUT2D eigenvalue weighted by atomic mass is 19.4. The third-order valence-corrected chi connectivity index (χ3v) is 6.65. The van der Waals surface area contributed by atoms with Gasteiger partial charge in [0, 0.05) is 6.42 Å². The molecule has 0 aliphatic heterocycles. The molecule has 1 aromatic heterocycles. The van der Waals surface area contributed by atoms with Gasteiger partial charge in [0.2, 0.25) is 0 Å². The number of halogens is 3. The molecule has 1 heterocycles. The van der Waals surface area contributed by atoms with Crippen molar-refractivity contribution >= 4 is 22.8 Å². The van der Waals surface area contributed by atoms with E-state index in [1.807, 2.05) is 64.1 Å². The number of benzene rings is 2. The molecule has 0 aliphatic carbocycles. The molecule has 0 aliphatic rings. The molecule has 0 N–H and O–H groups in total. The third kappa shape index (κ3) is 6.83. The number of alkyl halides is 3. The van der Waals surface area contributed by atoms with Gasteiger partial charge >= 0.3 is 6.18 Å². The van der Waals surface area contributed by atoms with Crippen LogP contribution in [0.4, 0.5) is 24.5 Å². The molecule has 6 heteroatoms. The molecule has 0 amide bonds. The molecular weight excluding hydrogens is 485 g/mol. The maximum absolute atomic E-state index is 14.6. The van der Waals surface area contributed by atoms with Crippen LogP contribution < -0.4 is 0 Å². The summed E-state index contributed by atoms with van der Waals surface area (Å²) in [6, 6.07) is 14.9. The lowest BCUT2D eigenvalue weighted by molar-refractivity contribution is -0.0597. The summed E-state index contributed by atoms with van der Waals surface area (Å²) in [7, 11) is 0. The van der Waals surface area contributed by atoms with Gasteiger partial charge in [-0.3, -0.25) is 0 Å². The van der Waals surface area contributed by atoms with Crippen LogP contribution in [0, 0.1) is 0 Å². The molecule has 0 bridgehead atoms. The second kappa shape index (κ2) is 12.1. The van der Waals surface area contributed by atoms with E-state index in [1.165, 1.54) is 6.26 Å². The van der Waals surface area contributed by atoms with Crippen molar-refractivity contribution in [3.8, 4) is 0 Å². The van der Waals surface area contributed by atoms with Gasteiger partial charge in [-0.2, -0.15) is 13.2 Å². The average molecular weight is 525 g/mol. The SMILES string of the molecule is CC(C)c1cccc(C(C)C)c1/N=C(/C/C(=N\c1c(C(C)C)cccc1C(C)C)C(F)(F)F)c1ccco1. The first-order chi connectivity index (χ1) is 17.8. The number of hydrogen-bond donors (Lipinski definition) is 0. The maximum atomic E-state index is 14.6. The van der Waals surface area contributed by atoms with E-state index < -0.39 is 18.3 Å². The van der Waals surface area contributed by atoms with Crippen LogP contribution in [-0.2, 0) is 0 Å². The second-order valence-corrected chi connectivity index (χ2v) is 11.0. The molecule has 0 spiro atoms. The molecule has 3 nitrogen and oxygen atoms in total. The molecule has 2 aromatic carbocycles. The zero-order chi connectivity index (χ0) is 28.2. The highest BCUT2D eigenvalue weighted by Crippen LogP contribution is 2.38. The Morgan fingerprint density at radius 2 is 1.08 bits per heavy atom. The van der Waals surface area contributed by atoms with E-state index in [2.05, 4.69) is 32.7 Å². The number of hydrogen-bond acceptors (Lipinski definition) is 3. The topological polar surface area (TPSA) is 37.9 Å². The Kier molecular flexibility index (Phi) is 9.40. The summed E-state index contributed by atoms with van der Waals surface area (Å²) < 4.78 is 49.4. The van der Waals surface area contributed by atoms with Gasteiger partial charge in [-0.25, -0.2) is 9.98 Å². The van der Waals surface area contributed by atoms with Crippen LogP contribution in [0.3, 0.4) is 0 Å². The largest absolute Gasteiger partial charge is 0.463 e. The van der Waals surface area contributed by atoms with Crippen LogP contribution >= 0.6 is 0 Å². The van der Waals surface area contributed by atoms with Crippen LogP contribution in [0.15, 0.2) is 69.2 Å². The highest BCUT2D eigenvalue weighted by Gasteiger charge is 2.37. The maximum Gasteiger partial charge on any atom is 0.429 e. The minimum atomic E-state index is -4.65. The minimum absolute atomic E-state index is 0.0201. The van der Waals surface area contributed by atoms with Gasteiger partial charge in [0.25, 0.3) is 0 Å². The average Bonchev–Trinajstić information content (AvgIpc) is 3.36. The Labute approximate surface area is 224 Å². The summed E-state index contributed by atoms with van der Waals surface area (Å²) >= 11 is 0. The van der Waals surface area contributed by atoms with Crippen molar-refractivity contribution in [2.24, 2.45) is 9.98 Å². The van der Waals surface area contributed by atoms with Crippen molar-refractivity contribution in [3.05, 3.63) is 82.8 Å². The molecule has 204 valence electrons. The van der Waals surface area contributed by atoms with Gasteiger partial charge in [0.1, 0.15) is 11.5 Å². The van der Waals surface area contributed by atoms with E-state index in [9.17, 15) is 13.2 Å². The number of furan rings is 1. The minimum Gasteiger partial charge on any atom is -0.463 e. The number of para-hydroxylation sites is 2. The van der Waals surface area contributed by atoms with Crippen molar-refractivity contribution in [1.82, 2.24) is 0 Å². The quantitative estimate of drug-likeness (QED) is 0.257. The monoisotopic (exact) mass is 524 g/mol. The highest BCUT2D eigenvalue weighted by molar-refractivity contribution is 6.14. The molecule has 0 saturated heterocycles. The van der Waals surface area contributed by atoms with Gasteiger partial charge in [-0.15, -0.1) is 0 Å². The van der Waals surface area contributed by atoms with Gasteiger partial charge in [0.15, 0.2) is 0 Å². The van der Waals surface area contributed by atoms with Crippen molar-refractivity contribution < 1.29 is 17.6 Å². The van der Waals surface area contributed by atoms with E-state index in [1.54, 1.807) is 12.1 Å². The fraction of sp³-hybridized carbons (Fsp3) is 0.438. The smallest absolute Gasteiger partial charge is 0.429 e. The Morgan fingerprint density at radius 1 is 0.658 bits per heavy atom. The van der Waals surface area contributed by atoms with Gasteiger partial charge in [0.05, 0.1) is 23.3 Å².